The van der Waals surface area contributed by atoms with Crippen molar-refractivity contribution in [2.45, 2.75) is 13.0 Å². The van der Waals surface area contributed by atoms with Crippen LogP contribution in [-0.2, 0) is 0 Å². The first-order valence-corrected chi connectivity index (χ1v) is 4.65. The van der Waals surface area contributed by atoms with E-state index in [-0.39, 0.29) is 0 Å². The molecule has 1 aromatic carbocycles. The Labute approximate surface area is 102 Å². The highest BCUT2D eigenvalue weighted by Crippen LogP contribution is 2.43. The maximum absolute atomic E-state index is 12.0. The van der Waals surface area contributed by atoms with Crippen molar-refractivity contribution in [2.24, 2.45) is 0 Å². The average molecular weight is 297 g/mol. The number of halogens is 7. The Morgan fingerprint density at radius 1 is 1.00 bits per heavy atom. The van der Waals surface area contributed by atoms with Gasteiger partial charge in [-0.15, -0.1) is 13.2 Å². The third-order valence-electron chi connectivity index (χ3n) is 1.44. The van der Waals surface area contributed by atoms with Crippen LogP contribution in [0.1, 0.15) is 0 Å². The molecule has 0 aliphatic heterocycles. The molecule has 0 bridgehead atoms. The van der Waals surface area contributed by atoms with E-state index in [0.29, 0.717) is 0 Å². The molecular weight excluding hydrogens is 294 g/mol. The van der Waals surface area contributed by atoms with Gasteiger partial charge in [-0.2, -0.15) is 8.78 Å². The molecule has 0 saturated heterocycles. The molecule has 0 unspecified atom stereocenters. The van der Waals surface area contributed by atoms with Crippen molar-refractivity contribution in [1.82, 2.24) is 0 Å². The van der Waals surface area contributed by atoms with Crippen LogP contribution in [0.2, 0.25) is 10.0 Å². The SMILES string of the molecule is FC(F)Oc1c(Cl)ccc(Cl)c1OC(F)(F)F. The first-order chi connectivity index (χ1) is 7.70. The fourth-order valence-electron chi connectivity index (χ4n) is 0.924. The van der Waals surface area contributed by atoms with Crippen LogP contribution in [0.3, 0.4) is 0 Å². The summed E-state index contributed by atoms with van der Waals surface area (Å²) in [5.41, 5.74) is 0. The standard InChI is InChI=1S/C8H3Cl2F5O2/c9-3-1-2-4(10)6(17-8(13,14)15)5(3)16-7(11)12/h1-2,7H. The van der Waals surface area contributed by atoms with Gasteiger partial charge in [0.2, 0.25) is 0 Å². The van der Waals surface area contributed by atoms with Gasteiger partial charge in [-0.1, -0.05) is 23.2 Å². The van der Waals surface area contributed by atoms with E-state index in [2.05, 4.69) is 9.47 Å². The van der Waals surface area contributed by atoms with Crippen LogP contribution in [0, 0.1) is 0 Å². The molecule has 0 aliphatic rings. The van der Waals surface area contributed by atoms with Gasteiger partial charge in [-0.05, 0) is 12.1 Å². The van der Waals surface area contributed by atoms with E-state index in [1.54, 1.807) is 0 Å². The third-order valence-corrected chi connectivity index (χ3v) is 2.04. The molecule has 0 saturated carbocycles. The molecule has 0 heterocycles. The van der Waals surface area contributed by atoms with E-state index in [9.17, 15) is 22.0 Å². The van der Waals surface area contributed by atoms with Gasteiger partial charge < -0.3 is 9.47 Å². The molecule has 9 heteroatoms. The highest BCUT2D eigenvalue weighted by Gasteiger charge is 2.34. The molecule has 0 atom stereocenters. The second-order valence-corrected chi connectivity index (χ2v) is 3.43. The molecule has 0 aliphatic carbocycles. The van der Waals surface area contributed by atoms with E-state index < -0.39 is 34.5 Å². The summed E-state index contributed by atoms with van der Waals surface area (Å²) in [7, 11) is 0. The van der Waals surface area contributed by atoms with Crippen LogP contribution in [0.4, 0.5) is 22.0 Å². The van der Waals surface area contributed by atoms with E-state index in [4.69, 9.17) is 23.2 Å². The smallest absolute Gasteiger partial charge is 0.429 e. The summed E-state index contributed by atoms with van der Waals surface area (Å²) < 4.78 is 67.3. The predicted molar refractivity (Wildman–Crippen MR) is 49.8 cm³/mol. The lowest BCUT2D eigenvalue weighted by atomic mass is 10.3. The number of alkyl halides is 5. The Hall–Kier alpha value is -0.950. The fourth-order valence-corrected chi connectivity index (χ4v) is 1.31. The lowest BCUT2D eigenvalue weighted by Crippen LogP contribution is -2.18. The molecule has 0 amide bonds. The maximum Gasteiger partial charge on any atom is 0.573 e. The second-order valence-electron chi connectivity index (χ2n) is 2.61. The quantitative estimate of drug-likeness (QED) is 0.765. The fraction of sp³-hybridized carbons (Fsp3) is 0.250. The highest BCUT2D eigenvalue weighted by molar-refractivity contribution is 6.35. The summed E-state index contributed by atoms with van der Waals surface area (Å²) in [5, 5.41) is -1.03. The van der Waals surface area contributed by atoms with Crippen molar-refractivity contribution in [3.63, 3.8) is 0 Å². The highest BCUT2D eigenvalue weighted by atomic mass is 35.5. The topological polar surface area (TPSA) is 18.5 Å². The van der Waals surface area contributed by atoms with Crippen LogP contribution in [0.15, 0.2) is 12.1 Å². The van der Waals surface area contributed by atoms with E-state index in [1.807, 2.05) is 0 Å². The van der Waals surface area contributed by atoms with Gasteiger partial charge in [0, 0.05) is 0 Å². The summed E-state index contributed by atoms with van der Waals surface area (Å²) in [6.07, 6.45) is -5.10. The molecule has 1 aromatic rings. The summed E-state index contributed by atoms with van der Waals surface area (Å²) in [5.74, 6) is -2.07. The Bertz CT molecular complexity index is 408. The number of benzene rings is 1. The van der Waals surface area contributed by atoms with Crippen LogP contribution in [-0.4, -0.2) is 13.0 Å². The number of hydrogen-bond donors (Lipinski definition) is 0. The monoisotopic (exact) mass is 296 g/mol. The summed E-state index contributed by atoms with van der Waals surface area (Å²) in [4.78, 5) is 0. The van der Waals surface area contributed by atoms with Crippen molar-refractivity contribution in [2.75, 3.05) is 0 Å². The van der Waals surface area contributed by atoms with Crippen LogP contribution in [0.5, 0.6) is 11.5 Å². The van der Waals surface area contributed by atoms with Crippen molar-refractivity contribution < 1.29 is 31.4 Å². The van der Waals surface area contributed by atoms with Gasteiger partial charge in [0.25, 0.3) is 0 Å². The molecule has 0 N–H and O–H groups in total. The molecule has 0 spiro atoms. The van der Waals surface area contributed by atoms with Gasteiger partial charge in [0.05, 0.1) is 10.0 Å². The zero-order chi connectivity index (χ0) is 13.2. The van der Waals surface area contributed by atoms with Crippen molar-refractivity contribution in [1.29, 1.82) is 0 Å². The minimum Gasteiger partial charge on any atom is -0.429 e. The number of ether oxygens (including phenoxy) is 2. The van der Waals surface area contributed by atoms with Gasteiger partial charge in [0.1, 0.15) is 0 Å². The first-order valence-electron chi connectivity index (χ1n) is 3.89. The molecule has 17 heavy (non-hydrogen) atoms. The van der Waals surface area contributed by atoms with Gasteiger partial charge in [0.15, 0.2) is 11.5 Å². The largest absolute Gasteiger partial charge is 0.573 e. The summed E-state index contributed by atoms with van der Waals surface area (Å²) in [6.45, 7) is -3.36. The average Bonchev–Trinajstić information content (AvgIpc) is 2.15. The Morgan fingerprint density at radius 2 is 1.47 bits per heavy atom. The van der Waals surface area contributed by atoms with Crippen molar-refractivity contribution in [3.05, 3.63) is 22.2 Å². The number of hydrogen-bond acceptors (Lipinski definition) is 2. The first kappa shape index (κ1) is 14.1. The van der Waals surface area contributed by atoms with Crippen molar-refractivity contribution in [3.8, 4) is 11.5 Å². The van der Waals surface area contributed by atoms with E-state index >= 15 is 0 Å². The maximum atomic E-state index is 12.0. The Morgan fingerprint density at radius 3 is 1.88 bits per heavy atom. The van der Waals surface area contributed by atoms with Gasteiger partial charge in [-0.3, -0.25) is 0 Å². The molecule has 0 aromatic heterocycles. The van der Waals surface area contributed by atoms with E-state index in [1.165, 1.54) is 0 Å². The predicted octanol–water partition coefficient (Wildman–Crippen LogP) is 4.49. The molecule has 0 fully saturated rings. The zero-order valence-corrected chi connectivity index (χ0v) is 9.21. The molecule has 2 nitrogen and oxygen atoms in total. The van der Waals surface area contributed by atoms with E-state index in [0.717, 1.165) is 12.1 Å². The summed E-state index contributed by atoms with van der Waals surface area (Å²) >= 11 is 10.8. The minimum absolute atomic E-state index is 0.478. The summed E-state index contributed by atoms with van der Waals surface area (Å²) in [6, 6.07) is 1.97. The Balaban J connectivity index is 3.20. The van der Waals surface area contributed by atoms with Gasteiger partial charge >= 0.3 is 13.0 Å². The number of rotatable bonds is 3. The normalized spacial score (nSPS) is 11.8. The van der Waals surface area contributed by atoms with Crippen LogP contribution in [0.25, 0.3) is 0 Å². The van der Waals surface area contributed by atoms with Crippen LogP contribution >= 0.6 is 23.2 Å². The van der Waals surface area contributed by atoms with Crippen LogP contribution < -0.4 is 9.47 Å². The van der Waals surface area contributed by atoms with Crippen molar-refractivity contribution >= 4 is 23.2 Å². The van der Waals surface area contributed by atoms with Gasteiger partial charge in [-0.25, -0.2) is 0 Å². The third kappa shape index (κ3) is 4.08. The minimum atomic E-state index is -5.10. The Kier molecular flexibility index (Phi) is 4.26. The zero-order valence-electron chi connectivity index (χ0n) is 7.69. The molecular formula is C8H3Cl2F5O2. The lowest BCUT2D eigenvalue weighted by Gasteiger charge is -2.15. The molecule has 96 valence electrons. The molecule has 1 rings (SSSR count). The second kappa shape index (κ2) is 5.14. The molecule has 0 radical (unpaired) electrons. The lowest BCUT2D eigenvalue weighted by molar-refractivity contribution is -0.275.